The van der Waals surface area contributed by atoms with Crippen LogP contribution in [0.4, 0.5) is 0 Å². The first-order valence-electron chi connectivity index (χ1n) is 14.7. The summed E-state index contributed by atoms with van der Waals surface area (Å²) in [7, 11) is 2.36. The smallest absolute Gasteiger partial charge is 0.320 e. The van der Waals surface area contributed by atoms with E-state index in [1.54, 1.807) is 0 Å². The molecule has 0 spiro atoms. The van der Waals surface area contributed by atoms with Gasteiger partial charge in [0.15, 0.2) is 5.78 Å². The van der Waals surface area contributed by atoms with Gasteiger partial charge in [-0.05, 0) is 38.5 Å². The van der Waals surface area contributed by atoms with E-state index in [-0.39, 0.29) is 5.78 Å². The van der Waals surface area contributed by atoms with Crippen LogP contribution in [0.3, 0.4) is 0 Å². The van der Waals surface area contributed by atoms with Crippen molar-refractivity contribution in [3.05, 3.63) is 12.2 Å². The fraction of sp³-hybridized carbons (Fsp3) is 0.931. The molecule has 0 aliphatic rings. The summed E-state index contributed by atoms with van der Waals surface area (Å²) in [5.41, 5.74) is 0. The highest BCUT2D eigenvalue weighted by Gasteiger charge is 2.41. The predicted molar refractivity (Wildman–Crippen MR) is 150 cm³/mol. The number of unbranched alkanes of at least 4 members (excludes halogenated alkanes) is 16. The Bertz CT molecular complexity index is 516. The molecule has 0 amide bonds. The average molecular weight is 503 g/mol. The Morgan fingerprint density at radius 2 is 1.09 bits per heavy atom. The summed E-state index contributed by atoms with van der Waals surface area (Å²) >= 11 is 0. The summed E-state index contributed by atoms with van der Waals surface area (Å²) in [4.78, 5) is 10.4. The van der Waals surface area contributed by atoms with E-state index in [2.05, 4.69) is 26.0 Å². The molecule has 34 heavy (non-hydrogen) atoms. The van der Waals surface area contributed by atoms with Crippen LogP contribution in [-0.2, 0) is 9.09 Å². The van der Waals surface area contributed by atoms with Crippen LogP contribution in [-0.4, -0.2) is 42.9 Å². The summed E-state index contributed by atoms with van der Waals surface area (Å²) < 4.78 is 18.6. The van der Waals surface area contributed by atoms with Gasteiger partial charge in [-0.15, -0.1) is 0 Å². The second-order valence-electron chi connectivity index (χ2n) is 11.1. The zero-order valence-corrected chi connectivity index (χ0v) is 24.6. The van der Waals surface area contributed by atoms with Crippen LogP contribution >= 0.6 is 7.60 Å². The van der Waals surface area contributed by atoms with Gasteiger partial charge in [-0.3, -0.25) is 4.57 Å². The maximum atomic E-state index is 12.7. The number of quaternary nitrogens is 1. The third-order valence-electron chi connectivity index (χ3n) is 6.75. The molecule has 2 unspecified atom stereocenters. The maximum Gasteiger partial charge on any atom is 0.385 e. The molecule has 0 aromatic rings. The van der Waals surface area contributed by atoms with E-state index >= 15 is 0 Å². The Kier molecular flexibility index (Phi) is 22.0. The van der Waals surface area contributed by atoms with Gasteiger partial charge in [-0.2, -0.15) is 0 Å². The summed E-state index contributed by atoms with van der Waals surface area (Å²) in [5.74, 6) is -0.334. The Labute approximate surface area is 214 Å². The monoisotopic (exact) mass is 502 g/mol. The van der Waals surface area contributed by atoms with E-state index in [1.807, 2.05) is 21.1 Å². The highest BCUT2D eigenvalue weighted by Crippen LogP contribution is 2.51. The van der Waals surface area contributed by atoms with E-state index in [0.717, 1.165) is 19.3 Å². The van der Waals surface area contributed by atoms with Gasteiger partial charge in [0.2, 0.25) is 0 Å². The van der Waals surface area contributed by atoms with Crippen molar-refractivity contribution >= 4 is 7.60 Å². The zero-order valence-electron chi connectivity index (χ0n) is 23.7. The lowest BCUT2D eigenvalue weighted by atomic mass is 10.0. The van der Waals surface area contributed by atoms with Gasteiger partial charge in [-0.25, -0.2) is 0 Å². The first-order chi connectivity index (χ1) is 16.3. The lowest BCUT2D eigenvalue weighted by Gasteiger charge is -2.35. The standard InChI is InChI=1S/C29H60NO3P/c1-6-8-9-10-11-12-13-14-15-16-17-18-19-20-21-22-23-24-25-26-28-33-34(31,32)29(27-7-2)30(3,4)5/h13-14,29H,6-12,15-28H2,1-5H3/p+1. The lowest BCUT2D eigenvalue weighted by Crippen LogP contribution is -2.45. The van der Waals surface area contributed by atoms with Crippen LogP contribution < -0.4 is 0 Å². The number of rotatable bonds is 25. The number of allylic oxidation sites excluding steroid dienone is 2. The Morgan fingerprint density at radius 3 is 1.50 bits per heavy atom. The number of hydrogen-bond acceptors (Lipinski definition) is 2. The highest BCUT2D eigenvalue weighted by atomic mass is 31.2. The van der Waals surface area contributed by atoms with Crippen molar-refractivity contribution in [2.75, 3.05) is 27.7 Å². The van der Waals surface area contributed by atoms with Gasteiger partial charge >= 0.3 is 7.60 Å². The van der Waals surface area contributed by atoms with Crippen molar-refractivity contribution < 1.29 is 18.5 Å². The van der Waals surface area contributed by atoms with Crippen molar-refractivity contribution in [1.29, 1.82) is 0 Å². The van der Waals surface area contributed by atoms with Crippen LogP contribution in [0.5, 0.6) is 0 Å². The Balaban J connectivity index is 3.48. The predicted octanol–water partition coefficient (Wildman–Crippen LogP) is 9.62. The van der Waals surface area contributed by atoms with E-state index < -0.39 is 7.60 Å². The Morgan fingerprint density at radius 1 is 0.676 bits per heavy atom. The summed E-state index contributed by atoms with van der Waals surface area (Å²) in [5, 5.41) is 0. The van der Waals surface area contributed by atoms with E-state index in [4.69, 9.17) is 4.52 Å². The summed E-state index contributed by atoms with van der Waals surface area (Å²) in [6.07, 6.45) is 29.8. The van der Waals surface area contributed by atoms with Gasteiger partial charge in [0, 0.05) is 6.42 Å². The lowest BCUT2D eigenvalue weighted by molar-refractivity contribution is -0.883. The molecule has 0 aromatic heterocycles. The number of nitrogens with zero attached hydrogens (tertiary/aromatic N) is 1. The molecule has 5 heteroatoms. The number of hydrogen-bond donors (Lipinski definition) is 1. The minimum atomic E-state index is -3.57. The first-order valence-corrected chi connectivity index (χ1v) is 16.3. The van der Waals surface area contributed by atoms with Crippen molar-refractivity contribution in [1.82, 2.24) is 0 Å². The fourth-order valence-corrected chi connectivity index (χ4v) is 6.61. The third kappa shape index (κ3) is 20.1. The molecule has 0 rings (SSSR count). The molecule has 0 fully saturated rings. The van der Waals surface area contributed by atoms with Crippen LogP contribution in [0.25, 0.3) is 0 Å². The molecule has 0 bridgehead atoms. The molecule has 0 aliphatic carbocycles. The second-order valence-corrected chi connectivity index (χ2v) is 13.1. The average Bonchev–Trinajstić information content (AvgIpc) is 2.77. The Hall–Kier alpha value is -0.150. The highest BCUT2D eigenvalue weighted by molar-refractivity contribution is 7.53. The van der Waals surface area contributed by atoms with Crippen LogP contribution in [0.1, 0.15) is 142 Å². The summed E-state index contributed by atoms with van der Waals surface area (Å²) in [6, 6.07) is 0. The van der Waals surface area contributed by atoms with Gasteiger partial charge < -0.3 is 13.9 Å². The van der Waals surface area contributed by atoms with Crippen molar-refractivity contribution in [3.63, 3.8) is 0 Å². The molecule has 0 aromatic carbocycles. The van der Waals surface area contributed by atoms with Crippen molar-refractivity contribution in [2.24, 2.45) is 0 Å². The minimum absolute atomic E-state index is 0.334. The largest absolute Gasteiger partial charge is 0.385 e. The SMILES string of the molecule is CCCCCCCC=CCCCCCCCCCCCCCOP(=O)(O)C(CCC)[N+](C)(C)C. The molecular formula is C29H61NO3P+. The van der Waals surface area contributed by atoms with Crippen LogP contribution in [0, 0.1) is 0 Å². The molecular weight excluding hydrogens is 441 g/mol. The topological polar surface area (TPSA) is 46.5 Å². The zero-order chi connectivity index (χ0) is 25.5. The molecule has 1 N–H and O–H groups in total. The quantitative estimate of drug-likeness (QED) is 0.0585. The minimum Gasteiger partial charge on any atom is -0.320 e. The van der Waals surface area contributed by atoms with E-state index in [0.29, 0.717) is 17.5 Å². The summed E-state index contributed by atoms with van der Waals surface area (Å²) in [6.45, 7) is 4.73. The molecule has 0 saturated carbocycles. The fourth-order valence-electron chi connectivity index (χ4n) is 4.58. The van der Waals surface area contributed by atoms with E-state index in [9.17, 15) is 9.46 Å². The van der Waals surface area contributed by atoms with Gasteiger partial charge in [-0.1, -0.05) is 109 Å². The van der Waals surface area contributed by atoms with Gasteiger partial charge in [0.05, 0.1) is 27.7 Å². The van der Waals surface area contributed by atoms with Crippen LogP contribution in [0.15, 0.2) is 12.2 Å². The molecule has 2 atom stereocenters. The molecule has 0 radical (unpaired) electrons. The van der Waals surface area contributed by atoms with Gasteiger partial charge in [0.25, 0.3) is 0 Å². The molecule has 204 valence electrons. The van der Waals surface area contributed by atoms with Crippen LogP contribution in [0.2, 0.25) is 0 Å². The molecule has 0 aliphatic heterocycles. The second kappa shape index (κ2) is 22.1. The molecule has 4 nitrogen and oxygen atoms in total. The normalized spacial score (nSPS) is 15.1. The first kappa shape index (κ1) is 33.8. The third-order valence-corrected chi connectivity index (χ3v) is 9.01. The maximum absolute atomic E-state index is 12.7. The molecule has 0 heterocycles. The van der Waals surface area contributed by atoms with Gasteiger partial charge in [0.1, 0.15) is 0 Å². The van der Waals surface area contributed by atoms with Crippen molar-refractivity contribution in [3.8, 4) is 0 Å². The molecule has 0 saturated heterocycles. The van der Waals surface area contributed by atoms with E-state index in [1.165, 1.54) is 103 Å². The van der Waals surface area contributed by atoms with Crippen molar-refractivity contribution in [2.45, 2.75) is 148 Å².